The minimum absolute atomic E-state index is 0.737. The van der Waals surface area contributed by atoms with E-state index >= 15 is 0 Å². The van der Waals surface area contributed by atoms with Gasteiger partial charge in [0.05, 0.1) is 0 Å². The Balaban J connectivity index is 1.91. The van der Waals surface area contributed by atoms with Crippen LogP contribution in [0.2, 0.25) is 0 Å². The van der Waals surface area contributed by atoms with Crippen molar-refractivity contribution in [2.75, 3.05) is 26.2 Å². The summed E-state index contributed by atoms with van der Waals surface area (Å²) in [5.41, 5.74) is 0. The molecule has 2 heterocycles. The number of rotatable bonds is 2. The largest absolute Gasteiger partial charge is 0.314 e. The quantitative estimate of drug-likeness (QED) is 0.721. The average Bonchev–Trinajstić information content (AvgIpc) is 2.11. The fourth-order valence-electron chi connectivity index (χ4n) is 3.04. The Hall–Kier alpha value is -0.0800. The molecule has 2 fully saturated rings. The summed E-state index contributed by atoms with van der Waals surface area (Å²) < 4.78 is 0. The maximum Gasteiger partial charge on any atom is 0.00794 e. The summed E-state index contributed by atoms with van der Waals surface area (Å²) in [6.07, 6.45) is 1.46. The molecule has 2 bridgehead atoms. The second kappa shape index (κ2) is 4.19. The highest BCUT2D eigenvalue weighted by Gasteiger charge is 2.34. The zero-order valence-electron chi connectivity index (χ0n) is 9.79. The molecular weight excluding hydrogens is 172 g/mol. The molecule has 2 saturated heterocycles. The van der Waals surface area contributed by atoms with Crippen molar-refractivity contribution < 1.29 is 0 Å². The van der Waals surface area contributed by atoms with Crippen molar-refractivity contribution in [3.8, 4) is 0 Å². The van der Waals surface area contributed by atoms with Gasteiger partial charge in [0.2, 0.25) is 0 Å². The predicted molar refractivity (Wildman–Crippen MR) is 60.3 cm³/mol. The summed E-state index contributed by atoms with van der Waals surface area (Å²) in [6, 6.07) is 0.737. The van der Waals surface area contributed by atoms with Crippen LogP contribution in [0.1, 0.15) is 27.2 Å². The molecule has 2 heteroatoms. The molecular formula is C12H24N2. The highest BCUT2D eigenvalue weighted by Crippen LogP contribution is 2.28. The number of fused-ring (bicyclic) bond motifs is 2. The van der Waals surface area contributed by atoms with Crippen molar-refractivity contribution in [2.24, 2.45) is 17.8 Å². The highest BCUT2D eigenvalue weighted by atomic mass is 15.2. The van der Waals surface area contributed by atoms with Crippen LogP contribution in [-0.4, -0.2) is 37.1 Å². The van der Waals surface area contributed by atoms with E-state index in [-0.39, 0.29) is 0 Å². The van der Waals surface area contributed by atoms with E-state index in [0.29, 0.717) is 0 Å². The lowest BCUT2D eigenvalue weighted by Crippen LogP contribution is -2.55. The molecule has 2 rings (SSSR count). The van der Waals surface area contributed by atoms with E-state index in [9.17, 15) is 0 Å². The first kappa shape index (κ1) is 10.4. The van der Waals surface area contributed by atoms with Crippen molar-refractivity contribution in [2.45, 2.75) is 33.2 Å². The van der Waals surface area contributed by atoms with E-state index in [1.54, 1.807) is 0 Å². The number of hydrogen-bond acceptors (Lipinski definition) is 2. The third kappa shape index (κ3) is 2.29. The first-order chi connectivity index (χ1) is 6.65. The first-order valence-electron chi connectivity index (χ1n) is 6.11. The zero-order valence-corrected chi connectivity index (χ0v) is 9.79. The van der Waals surface area contributed by atoms with Gasteiger partial charge in [0.25, 0.3) is 0 Å². The van der Waals surface area contributed by atoms with E-state index in [1.807, 2.05) is 0 Å². The smallest absolute Gasteiger partial charge is 0.00794 e. The molecule has 2 aliphatic rings. The summed E-state index contributed by atoms with van der Waals surface area (Å²) in [6.45, 7) is 12.2. The van der Waals surface area contributed by atoms with Crippen LogP contribution in [0.5, 0.6) is 0 Å². The molecule has 0 saturated carbocycles. The van der Waals surface area contributed by atoms with Gasteiger partial charge >= 0.3 is 0 Å². The van der Waals surface area contributed by atoms with E-state index in [1.165, 1.54) is 32.6 Å². The van der Waals surface area contributed by atoms with Gasteiger partial charge in [-0.25, -0.2) is 0 Å². The van der Waals surface area contributed by atoms with Crippen molar-refractivity contribution in [1.82, 2.24) is 10.2 Å². The monoisotopic (exact) mass is 196 g/mol. The molecule has 82 valence electrons. The molecule has 14 heavy (non-hydrogen) atoms. The van der Waals surface area contributed by atoms with Crippen LogP contribution in [0.4, 0.5) is 0 Å². The summed E-state index contributed by atoms with van der Waals surface area (Å²) in [5, 5.41) is 3.63. The van der Waals surface area contributed by atoms with Gasteiger partial charge in [-0.3, -0.25) is 0 Å². The Kier molecular flexibility index (Phi) is 3.13. The zero-order chi connectivity index (χ0) is 10.1. The van der Waals surface area contributed by atoms with Crippen molar-refractivity contribution in [3.05, 3.63) is 0 Å². The predicted octanol–water partition coefficient (Wildman–Crippen LogP) is 1.57. The Morgan fingerprint density at radius 3 is 2.86 bits per heavy atom. The third-order valence-corrected chi connectivity index (χ3v) is 3.70. The van der Waals surface area contributed by atoms with Crippen molar-refractivity contribution >= 4 is 0 Å². The maximum atomic E-state index is 3.63. The van der Waals surface area contributed by atoms with Gasteiger partial charge < -0.3 is 10.2 Å². The molecule has 0 radical (unpaired) electrons. The number of hydrogen-bond donors (Lipinski definition) is 1. The summed E-state index contributed by atoms with van der Waals surface area (Å²) >= 11 is 0. The van der Waals surface area contributed by atoms with Gasteiger partial charge in [0.15, 0.2) is 0 Å². The first-order valence-corrected chi connectivity index (χ1v) is 6.11. The van der Waals surface area contributed by atoms with Crippen LogP contribution in [0, 0.1) is 17.8 Å². The van der Waals surface area contributed by atoms with Crippen LogP contribution >= 0.6 is 0 Å². The average molecular weight is 196 g/mol. The minimum atomic E-state index is 0.737. The lowest BCUT2D eigenvalue weighted by molar-refractivity contribution is 0.0654. The molecule has 2 aliphatic heterocycles. The molecule has 0 aromatic carbocycles. The molecule has 1 N–H and O–H groups in total. The fourth-order valence-corrected chi connectivity index (χ4v) is 3.04. The normalized spacial score (nSPS) is 39.0. The second-order valence-electron chi connectivity index (χ2n) is 5.67. The van der Waals surface area contributed by atoms with E-state index in [2.05, 4.69) is 31.0 Å². The Morgan fingerprint density at radius 1 is 1.36 bits per heavy atom. The molecule has 3 atom stereocenters. The molecule has 0 aromatic rings. The van der Waals surface area contributed by atoms with E-state index < -0.39 is 0 Å². The van der Waals surface area contributed by atoms with Gasteiger partial charge in [0, 0.05) is 25.7 Å². The van der Waals surface area contributed by atoms with Gasteiger partial charge in [-0.1, -0.05) is 13.8 Å². The second-order valence-corrected chi connectivity index (χ2v) is 5.67. The van der Waals surface area contributed by atoms with Crippen LogP contribution in [-0.2, 0) is 0 Å². The molecule has 0 aromatic heterocycles. The minimum Gasteiger partial charge on any atom is -0.314 e. The van der Waals surface area contributed by atoms with Gasteiger partial charge in [-0.05, 0) is 37.6 Å². The Bertz CT molecular complexity index is 191. The van der Waals surface area contributed by atoms with Gasteiger partial charge in [-0.2, -0.15) is 0 Å². The summed E-state index contributed by atoms with van der Waals surface area (Å²) in [5.74, 6) is 2.64. The number of nitrogens with zero attached hydrogens (tertiary/aromatic N) is 1. The van der Waals surface area contributed by atoms with Crippen LogP contribution in [0.25, 0.3) is 0 Å². The highest BCUT2D eigenvalue weighted by molar-refractivity contribution is 4.90. The van der Waals surface area contributed by atoms with Crippen LogP contribution in [0.3, 0.4) is 0 Å². The number of nitrogens with one attached hydrogen (secondary N) is 1. The summed E-state index contributed by atoms with van der Waals surface area (Å²) in [7, 11) is 0. The fraction of sp³-hybridized carbons (Fsp3) is 1.00. The molecule has 0 spiro atoms. The lowest BCUT2D eigenvalue weighted by atomic mass is 9.81. The Labute approximate surface area is 88.1 Å². The number of piperidine rings is 2. The summed E-state index contributed by atoms with van der Waals surface area (Å²) in [4.78, 5) is 2.68. The van der Waals surface area contributed by atoms with Crippen LogP contribution < -0.4 is 5.32 Å². The standard InChI is InChI=1S/C12H24N2/c1-9(2)6-14-7-11-4-12(8-14)10(3)13-5-11/h9-13H,4-8H2,1-3H3/t10-,11-,12+/m0/s1. The SMILES string of the molecule is CC(C)CN1C[C@@H]2CN[C@@H](C)[C@H](C2)C1. The topological polar surface area (TPSA) is 15.3 Å². The Morgan fingerprint density at radius 2 is 2.14 bits per heavy atom. The molecule has 2 nitrogen and oxygen atoms in total. The molecule has 0 amide bonds. The third-order valence-electron chi connectivity index (χ3n) is 3.70. The van der Waals surface area contributed by atoms with Gasteiger partial charge in [-0.15, -0.1) is 0 Å². The van der Waals surface area contributed by atoms with E-state index in [4.69, 9.17) is 0 Å². The maximum absolute atomic E-state index is 3.63. The lowest BCUT2D eigenvalue weighted by Gasteiger charge is -2.45. The van der Waals surface area contributed by atoms with Crippen LogP contribution in [0.15, 0.2) is 0 Å². The number of likely N-dealkylation sites (tertiary alicyclic amines) is 1. The van der Waals surface area contributed by atoms with Crippen molar-refractivity contribution in [3.63, 3.8) is 0 Å². The molecule has 0 aliphatic carbocycles. The van der Waals surface area contributed by atoms with Gasteiger partial charge in [0.1, 0.15) is 0 Å². The molecule has 0 unspecified atom stereocenters. The van der Waals surface area contributed by atoms with E-state index in [0.717, 1.165) is 23.8 Å². The van der Waals surface area contributed by atoms with Crippen molar-refractivity contribution in [1.29, 1.82) is 0 Å².